The Morgan fingerprint density at radius 2 is 2.38 bits per heavy atom. The van der Waals surface area contributed by atoms with Gasteiger partial charge in [-0.2, -0.15) is 0 Å². The SMILES string of the molecule is CCCNc1cccc(C(=O)N2CCOC3CCCC32)n1. The molecule has 0 radical (unpaired) electrons. The average Bonchev–Trinajstić information content (AvgIpc) is 3.01. The highest BCUT2D eigenvalue weighted by Crippen LogP contribution is 2.30. The first kappa shape index (κ1) is 14.3. The van der Waals surface area contributed by atoms with E-state index >= 15 is 0 Å². The van der Waals surface area contributed by atoms with Gasteiger partial charge in [0.15, 0.2) is 0 Å². The van der Waals surface area contributed by atoms with Crippen LogP contribution in [-0.4, -0.2) is 47.6 Å². The molecule has 5 nitrogen and oxygen atoms in total. The number of rotatable bonds is 4. The molecule has 1 saturated heterocycles. The number of amides is 1. The number of carbonyl (C=O) groups excluding carboxylic acids is 1. The van der Waals surface area contributed by atoms with Crippen LogP contribution >= 0.6 is 0 Å². The van der Waals surface area contributed by atoms with Gasteiger partial charge in [0.05, 0.1) is 18.8 Å². The van der Waals surface area contributed by atoms with Gasteiger partial charge >= 0.3 is 0 Å². The van der Waals surface area contributed by atoms with Crippen molar-refractivity contribution in [1.82, 2.24) is 9.88 Å². The van der Waals surface area contributed by atoms with Crippen LogP contribution in [0.3, 0.4) is 0 Å². The first-order valence-electron chi connectivity index (χ1n) is 7.93. The van der Waals surface area contributed by atoms with E-state index in [2.05, 4.69) is 17.2 Å². The molecule has 1 amide bonds. The number of nitrogens with zero attached hydrogens (tertiary/aromatic N) is 2. The van der Waals surface area contributed by atoms with Gasteiger partial charge in [0.1, 0.15) is 11.5 Å². The summed E-state index contributed by atoms with van der Waals surface area (Å²) < 4.78 is 5.77. The van der Waals surface area contributed by atoms with E-state index < -0.39 is 0 Å². The highest BCUT2D eigenvalue weighted by atomic mass is 16.5. The maximum atomic E-state index is 12.7. The van der Waals surface area contributed by atoms with Crippen molar-refractivity contribution >= 4 is 11.7 Å². The Kier molecular flexibility index (Phi) is 4.39. The molecule has 114 valence electrons. The first-order valence-corrected chi connectivity index (χ1v) is 7.93. The Morgan fingerprint density at radius 1 is 1.48 bits per heavy atom. The Hall–Kier alpha value is -1.62. The highest BCUT2D eigenvalue weighted by molar-refractivity contribution is 5.93. The van der Waals surface area contributed by atoms with Crippen LogP contribution in [0.2, 0.25) is 0 Å². The summed E-state index contributed by atoms with van der Waals surface area (Å²) in [6.45, 7) is 4.29. The number of carbonyl (C=O) groups is 1. The van der Waals surface area contributed by atoms with Crippen LogP contribution in [0, 0.1) is 0 Å². The van der Waals surface area contributed by atoms with Gasteiger partial charge in [0.2, 0.25) is 0 Å². The van der Waals surface area contributed by atoms with Gasteiger partial charge in [-0.05, 0) is 37.8 Å². The minimum Gasteiger partial charge on any atom is -0.374 e. The molecule has 5 heteroatoms. The third-order valence-electron chi connectivity index (χ3n) is 4.27. The number of anilines is 1. The van der Waals surface area contributed by atoms with Gasteiger partial charge in [0.25, 0.3) is 5.91 Å². The molecule has 1 aromatic heterocycles. The third kappa shape index (κ3) is 3.02. The van der Waals surface area contributed by atoms with Gasteiger partial charge < -0.3 is 15.0 Å². The van der Waals surface area contributed by atoms with Crippen molar-refractivity contribution in [3.8, 4) is 0 Å². The fraction of sp³-hybridized carbons (Fsp3) is 0.625. The third-order valence-corrected chi connectivity index (χ3v) is 4.27. The molecule has 1 aliphatic carbocycles. The molecule has 1 aliphatic heterocycles. The van der Waals surface area contributed by atoms with Gasteiger partial charge in [-0.1, -0.05) is 13.0 Å². The van der Waals surface area contributed by atoms with Gasteiger partial charge in [0, 0.05) is 13.1 Å². The Morgan fingerprint density at radius 3 is 3.24 bits per heavy atom. The second-order valence-corrected chi connectivity index (χ2v) is 5.74. The summed E-state index contributed by atoms with van der Waals surface area (Å²) in [4.78, 5) is 19.2. The van der Waals surface area contributed by atoms with Gasteiger partial charge in [-0.15, -0.1) is 0 Å². The van der Waals surface area contributed by atoms with Crippen LogP contribution in [0.1, 0.15) is 43.1 Å². The summed E-state index contributed by atoms with van der Waals surface area (Å²) in [5.41, 5.74) is 0.531. The topological polar surface area (TPSA) is 54.5 Å². The van der Waals surface area contributed by atoms with Crippen LogP contribution in [-0.2, 0) is 4.74 Å². The van der Waals surface area contributed by atoms with Crippen LogP contribution in [0.25, 0.3) is 0 Å². The molecule has 1 N–H and O–H groups in total. The zero-order valence-electron chi connectivity index (χ0n) is 12.5. The Balaban J connectivity index is 1.74. The van der Waals surface area contributed by atoms with E-state index in [0.717, 1.165) is 38.0 Å². The molecule has 0 spiro atoms. The number of pyridine rings is 1. The Labute approximate surface area is 125 Å². The molecule has 2 unspecified atom stereocenters. The van der Waals surface area contributed by atoms with Crippen LogP contribution in [0.5, 0.6) is 0 Å². The smallest absolute Gasteiger partial charge is 0.272 e. The largest absolute Gasteiger partial charge is 0.374 e. The van der Waals surface area contributed by atoms with Crippen LogP contribution < -0.4 is 5.32 Å². The molecule has 0 aromatic carbocycles. The number of nitrogens with one attached hydrogen (secondary N) is 1. The van der Waals surface area contributed by atoms with E-state index in [1.807, 2.05) is 17.0 Å². The lowest BCUT2D eigenvalue weighted by Gasteiger charge is -2.37. The molecule has 2 heterocycles. The molecule has 1 aromatic rings. The Bertz CT molecular complexity index is 506. The van der Waals surface area contributed by atoms with Gasteiger partial charge in [-0.25, -0.2) is 4.98 Å². The summed E-state index contributed by atoms with van der Waals surface area (Å²) in [5.74, 6) is 0.814. The fourth-order valence-corrected chi connectivity index (χ4v) is 3.23. The van der Waals surface area contributed by atoms with E-state index in [0.29, 0.717) is 18.8 Å². The maximum Gasteiger partial charge on any atom is 0.272 e. The fourth-order valence-electron chi connectivity index (χ4n) is 3.23. The molecule has 3 rings (SSSR count). The monoisotopic (exact) mass is 289 g/mol. The number of ether oxygens (including phenoxy) is 1. The van der Waals surface area contributed by atoms with Crippen molar-refractivity contribution in [2.75, 3.05) is 25.0 Å². The number of fused-ring (bicyclic) bond motifs is 1. The zero-order valence-corrected chi connectivity index (χ0v) is 12.5. The second kappa shape index (κ2) is 6.43. The molecule has 1 saturated carbocycles. The van der Waals surface area contributed by atoms with E-state index in [1.165, 1.54) is 0 Å². The second-order valence-electron chi connectivity index (χ2n) is 5.74. The molecular formula is C16H23N3O2. The lowest BCUT2D eigenvalue weighted by atomic mass is 10.1. The van der Waals surface area contributed by atoms with Crippen LogP contribution in [0.4, 0.5) is 5.82 Å². The zero-order chi connectivity index (χ0) is 14.7. The van der Waals surface area contributed by atoms with Crippen molar-refractivity contribution < 1.29 is 9.53 Å². The quantitative estimate of drug-likeness (QED) is 0.924. The number of aromatic nitrogens is 1. The molecule has 2 aliphatic rings. The predicted octanol–water partition coefficient (Wildman–Crippen LogP) is 2.30. The van der Waals surface area contributed by atoms with Crippen molar-refractivity contribution in [3.63, 3.8) is 0 Å². The minimum atomic E-state index is 0.0374. The van der Waals surface area contributed by atoms with Crippen molar-refractivity contribution in [3.05, 3.63) is 23.9 Å². The van der Waals surface area contributed by atoms with Gasteiger partial charge in [-0.3, -0.25) is 4.79 Å². The van der Waals surface area contributed by atoms with Crippen molar-refractivity contribution in [2.45, 2.75) is 44.8 Å². The standard InChI is InChI=1S/C16H23N3O2/c1-2-9-17-15-8-3-5-12(18-15)16(20)19-10-11-21-14-7-4-6-13(14)19/h3,5,8,13-14H,2,4,6-7,9-11H2,1H3,(H,17,18). The lowest BCUT2D eigenvalue weighted by molar-refractivity contribution is -0.0447. The highest BCUT2D eigenvalue weighted by Gasteiger charge is 2.38. The molecule has 2 fully saturated rings. The summed E-state index contributed by atoms with van der Waals surface area (Å²) >= 11 is 0. The molecular weight excluding hydrogens is 266 g/mol. The van der Waals surface area contributed by atoms with Crippen molar-refractivity contribution in [2.24, 2.45) is 0 Å². The number of hydrogen-bond donors (Lipinski definition) is 1. The van der Waals surface area contributed by atoms with Crippen LogP contribution in [0.15, 0.2) is 18.2 Å². The maximum absolute atomic E-state index is 12.7. The number of morpholine rings is 1. The summed E-state index contributed by atoms with van der Waals surface area (Å²) in [6, 6.07) is 5.84. The minimum absolute atomic E-state index is 0.0374. The lowest BCUT2D eigenvalue weighted by Crippen LogP contribution is -2.51. The number of hydrogen-bond acceptors (Lipinski definition) is 4. The predicted molar refractivity (Wildman–Crippen MR) is 81.4 cm³/mol. The molecule has 21 heavy (non-hydrogen) atoms. The summed E-state index contributed by atoms with van der Waals surface area (Å²) in [5, 5.41) is 3.23. The van der Waals surface area contributed by atoms with E-state index in [-0.39, 0.29) is 18.1 Å². The van der Waals surface area contributed by atoms with E-state index in [1.54, 1.807) is 6.07 Å². The first-order chi connectivity index (χ1) is 10.3. The van der Waals surface area contributed by atoms with Crippen molar-refractivity contribution in [1.29, 1.82) is 0 Å². The summed E-state index contributed by atoms with van der Waals surface area (Å²) in [6.07, 6.45) is 4.52. The van der Waals surface area contributed by atoms with E-state index in [4.69, 9.17) is 4.74 Å². The molecule has 2 atom stereocenters. The summed E-state index contributed by atoms with van der Waals surface area (Å²) in [7, 11) is 0. The van der Waals surface area contributed by atoms with E-state index in [9.17, 15) is 4.79 Å². The molecule has 0 bridgehead atoms. The normalized spacial score (nSPS) is 24.7. The average molecular weight is 289 g/mol.